The highest BCUT2D eigenvalue weighted by atomic mass is 16.4. The van der Waals surface area contributed by atoms with Gasteiger partial charge in [0, 0.05) is 47.0 Å². The van der Waals surface area contributed by atoms with E-state index in [1.165, 1.54) is 12.1 Å². The minimum atomic E-state index is -1.52. The molecular weight excluding hydrogens is 604 g/mol. The van der Waals surface area contributed by atoms with Gasteiger partial charge in [0.25, 0.3) is 0 Å². The summed E-state index contributed by atoms with van der Waals surface area (Å²) in [5.74, 6) is -3.63. The van der Waals surface area contributed by atoms with Crippen molar-refractivity contribution in [1.29, 1.82) is 0 Å². The second kappa shape index (κ2) is 14.6. The number of aliphatic carboxylic acids is 1. The summed E-state index contributed by atoms with van der Waals surface area (Å²) in [6.07, 6.45) is 3.53. The number of carboxylic acid groups (broad SMARTS) is 1. The fraction of sp³-hybridized carbons (Fsp3) is 0.235. The van der Waals surface area contributed by atoms with Crippen LogP contribution < -0.4 is 21.7 Å². The fourth-order valence-corrected chi connectivity index (χ4v) is 5.45. The number of amides is 3. The molecule has 13 heteroatoms. The summed E-state index contributed by atoms with van der Waals surface area (Å²) in [7, 11) is 0. The van der Waals surface area contributed by atoms with Crippen molar-refractivity contribution >= 4 is 45.5 Å². The van der Waals surface area contributed by atoms with E-state index in [1.807, 2.05) is 48.5 Å². The number of aromatic amines is 2. The van der Waals surface area contributed by atoms with Crippen LogP contribution in [0.25, 0.3) is 21.8 Å². The van der Waals surface area contributed by atoms with Crippen LogP contribution in [0.4, 0.5) is 0 Å². The number of rotatable bonds is 14. The molecule has 2 heterocycles. The molecule has 5 rings (SSSR count). The van der Waals surface area contributed by atoms with Crippen LogP contribution in [-0.4, -0.2) is 79.8 Å². The Hall–Kier alpha value is -5.66. The normalized spacial score (nSPS) is 13.8. The van der Waals surface area contributed by atoms with Gasteiger partial charge >= 0.3 is 5.97 Å². The Morgan fingerprint density at radius 2 is 1.17 bits per heavy atom. The number of hydrogen-bond acceptors (Lipinski definition) is 7. The van der Waals surface area contributed by atoms with Crippen LogP contribution in [0.1, 0.15) is 16.7 Å². The maximum Gasteiger partial charge on any atom is 0.326 e. The highest BCUT2D eigenvalue weighted by Crippen LogP contribution is 2.20. The number of nitrogens with two attached hydrogens (primary N) is 1. The highest BCUT2D eigenvalue weighted by Gasteiger charge is 2.31. The molecule has 3 aromatic carbocycles. The van der Waals surface area contributed by atoms with Crippen molar-refractivity contribution in [3.8, 4) is 5.75 Å². The minimum absolute atomic E-state index is 0.0113. The number of carbonyl (C=O) groups is 4. The third kappa shape index (κ3) is 7.95. The number of aliphatic hydroxyl groups is 1. The van der Waals surface area contributed by atoms with Gasteiger partial charge in [0.15, 0.2) is 0 Å². The molecule has 3 amide bonds. The van der Waals surface area contributed by atoms with Crippen molar-refractivity contribution in [1.82, 2.24) is 25.9 Å². The number of phenolic OH excluding ortho intramolecular Hbond substituents is 1. The number of aliphatic hydroxyl groups excluding tert-OH is 1. The molecule has 0 aliphatic rings. The topological polar surface area (TPSA) is 223 Å². The number of hydrogen-bond donors (Lipinski definition) is 9. The van der Waals surface area contributed by atoms with Gasteiger partial charge in [-0.2, -0.15) is 0 Å². The Balaban J connectivity index is 1.28. The Kier molecular flexibility index (Phi) is 10.2. The van der Waals surface area contributed by atoms with Crippen LogP contribution >= 0.6 is 0 Å². The molecule has 0 aliphatic heterocycles. The first-order valence-corrected chi connectivity index (χ1v) is 15.0. The second-order valence-electron chi connectivity index (χ2n) is 11.3. The molecule has 47 heavy (non-hydrogen) atoms. The molecule has 0 aliphatic carbocycles. The number of nitrogens with one attached hydrogen (secondary N) is 5. The van der Waals surface area contributed by atoms with Gasteiger partial charge in [-0.3, -0.25) is 14.4 Å². The van der Waals surface area contributed by atoms with E-state index in [4.69, 9.17) is 5.73 Å². The lowest BCUT2D eigenvalue weighted by Crippen LogP contribution is -2.58. The van der Waals surface area contributed by atoms with Crippen molar-refractivity contribution in [3.05, 3.63) is 102 Å². The zero-order valence-electron chi connectivity index (χ0n) is 25.3. The average molecular weight is 641 g/mol. The molecule has 10 N–H and O–H groups in total. The van der Waals surface area contributed by atoms with Gasteiger partial charge in [-0.15, -0.1) is 0 Å². The van der Waals surface area contributed by atoms with Gasteiger partial charge in [0.1, 0.15) is 23.9 Å². The van der Waals surface area contributed by atoms with Crippen molar-refractivity contribution in [2.45, 2.75) is 43.4 Å². The highest BCUT2D eigenvalue weighted by molar-refractivity contribution is 5.95. The number of aromatic hydroxyl groups is 1. The van der Waals surface area contributed by atoms with E-state index in [0.29, 0.717) is 11.1 Å². The SMILES string of the molecule is NC(Cc1c[nH]c2ccccc12)C(=O)NC(Cc1ccc(O)cc1)C(=O)NC(CO)C(=O)NC(Cc1c[nH]c2ccccc12)C(=O)O. The number of benzene rings is 3. The average Bonchev–Trinajstić information content (AvgIpc) is 3.67. The van der Waals surface area contributed by atoms with Gasteiger partial charge in [-0.25, -0.2) is 4.79 Å². The van der Waals surface area contributed by atoms with Crippen LogP contribution in [-0.2, 0) is 38.4 Å². The predicted octanol–water partition coefficient (Wildman–Crippen LogP) is 1.24. The van der Waals surface area contributed by atoms with E-state index >= 15 is 0 Å². The Morgan fingerprint density at radius 3 is 1.74 bits per heavy atom. The summed E-state index contributed by atoms with van der Waals surface area (Å²) in [4.78, 5) is 58.2. The fourth-order valence-electron chi connectivity index (χ4n) is 5.45. The van der Waals surface area contributed by atoms with Crippen LogP contribution in [0, 0.1) is 0 Å². The monoisotopic (exact) mass is 640 g/mol. The first-order valence-electron chi connectivity index (χ1n) is 15.0. The van der Waals surface area contributed by atoms with E-state index in [0.717, 1.165) is 27.4 Å². The summed E-state index contributed by atoms with van der Waals surface area (Å²) >= 11 is 0. The van der Waals surface area contributed by atoms with Crippen molar-refractivity contribution in [3.63, 3.8) is 0 Å². The number of phenols is 1. The molecule has 0 spiro atoms. The van der Waals surface area contributed by atoms with Crippen LogP contribution in [0.15, 0.2) is 85.2 Å². The molecule has 0 bridgehead atoms. The van der Waals surface area contributed by atoms with E-state index < -0.39 is 54.5 Å². The number of carboxylic acids is 1. The van der Waals surface area contributed by atoms with Gasteiger partial charge < -0.3 is 47.0 Å². The lowest BCUT2D eigenvalue weighted by molar-refractivity contribution is -0.142. The molecular formula is C34H36N6O7. The molecule has 0 fully saturated rings. The third-order valence-electron chi connectivity index (χ3n) is 7.99. The molecule has 0 radical (unpaired) electrons. The Bertz CT molecular complexity index is 1880. The number of para-hydroxylation sites is 2. The number of H-pyrrole nitrogens is 2. The predicted molar refractivity (Wildman–Crippen MR) is 174 cm³/mol. The number of carbonyl (C=O) groups excluding carboxylic acids is 3. The first kappa shape index (κ1) is 32.7. The molecule has 5 aromatic rings. The van der Waals surface area contributed by atoms with E-state index in [2.05, 4.69) is 25.9 Å². The van der Waals surface area contributed by atoms with Gasteiger partial charge in [0.05, 0.1) is 12.6 Å². The Morgan fingerprint density at radius 1 is 0.660 bits per heavy atom. The molecule has 244 valence electrons. The molecule has 0 saturated carbocycles. The lowest BCUT2D eigenvalue weighted by Gasteiger charge is -2.24. The van der Waals surface area contributed by atoms with Crippen molar-refractivity contribution in [2.24, 2.45) is 5.73 Å². The Labute approximate surface area is 269 Å². The van der Waals surface area contributed by atoms with Crippen LogP contribution in [0.5, 0.6) is 5.75 Å². The van der Waals surface area contributed by atoms with Gasteiger partial charge in [0.2, 0.25) is 17.7 Å². The van der Waals surface area contributed by atoms with E-state index in [1.54, 1.807) is 24.5 Å². The van der Waals surface area contributed by atoms with E-state index in [9.17, 15) is 34.5 Å². The quantitative estimate of drug-likeness (QED) is 0.0857. The summed E-state index contributed by atoms with van der Waals surface area (Å²) < 4.78 is 0. The number of fused-ring (bicyclic) bond motifs is 2. The summed E-state index contributed by atoms with van der Waals surface area (Å²) in [5, 5.41) is 38.8. The van der Waals surface area contributed by atoms with Crippen molar-refractivity contribution in [2.75, 3.05) is 6.61 Å². The second-order valence-corrected chi connectivity index (χ2v) is 11.3. The molecule has 4 unspecified atom stereocenters. The largest absolute Gasteiger partial charge is 0.508 e. The molecule has 4 atom stereocenters. The smallest absolute Gasteiger partial charge is 0.326 e. The minimum Gasteiger partial charge on any atom is -0.508 e. The summed E-state index contributed by atoms with van der Waals surface area (Å²) in [6.45, 7) is -0.836. The molecule has 13 nitrogen and oxygen atoms in total. The number of aromatic nitrogens is 2. The maximum absolute atomic E-state index is 13.5. The molecule has 2 aromatic heterocycles. The third-order valence-corrected chi connectivity index (χ3v) is 7.99. The first-order chi connectivity index (χ1) is 22.6. The van der Waals surface area contributed by atoms with Crippen LogP contribution in [0.2, 0.25) is 0 Å². The lowest BCUT2D eigenvalue weighted by atomic mass is 10.0. The van der Waals surface area contributed by atoms with Crippen LogP contribution in [0.3, 0.4) is 0 Å². The van der Waals surface area contributed by atoms with Gasteiger partial charge in [-0.1, -0.05) is 48.5 Å². The summed E-state index contributed by atoms with van der Waals surface area (Å²) in [6, 6.07) is 15.7. The van der Waals surface area contributed by atoms with Crippen molar-refractivity contribution < 1.29 is 34.5 Å². The summed E-state index contributed by atoms with van der Waals surface area (Å²) in [5.41, 5.74) is 10.0. The molecule has 0 saturated heterocycles. The van der Waals surface area contributed by atoms with E-state index in [-0.39, 0.29) is 25.0 Å². The van der Waals surface area contributed by atoms with Gasteiger partial charge in [-0.05, 0) is 47.4 Å². The zero-order chi connectivity index (χ0) is 33.5. The standard InChI is InChI=1S/C34H36N6O7/c35-25(14-20-16-36-26-7-3-1-5-23(20)26)31(43)38-28(13-19-9-11-22(42)12-10-19)32(44)40-30(18-41)33(45)39-29(34(46)47)15-21-17-37-27-8-4-2-6-24(21)27/h1-12,16-17,25,28-30,36-37,41-42H,13-15,18,35H2,(H,38,43)(H,39,45)(H,40,44)(H,46,47). The maximum atomic E-state index is 13.5. The zero-order valence-corrected chi connectivity index (χ0v) is 25.3.